The highest BCUT2D eigenvalue weighted by molar-refractivity contribution is 6.42. The lowest BCUT2D eigenvalue weighted by Gasteiger charge is -2.22. The summed E-state index contributed by atoms with van der Waals surface area (Å²) in [5, 5.41) is 0.967. The lowest BCUT2D eigenvalue weighted by molar-refractivity contribution is -0.146. The number of ether oxygens (including phenoxy) is 3. The second kappa shape index (κ2) is 13.0. The molecule has 2 rings (SSSR count). The number of carbonyl (C=O) groups excluding carboxylic acids is 1. The molecule has 170 valence electrons. The van der Waals surface area contributed by atoms with E-state index >= 15 is 0 Å². The van der Waals surface area contributed by atoms with Crippen molar-refractivity contribution in [2.75, 3.05) is 27.3 Å². The van der Waals surface area contributed by atoms with Gasteiger partial charge in [-0.15, -0.1) is 0 Å². The molecule has 0 spiro atoms. The van der Waals surface area contributed by atoms with Gasteiger partial charge in [0.1, 0.15) is 6.10 Å². The molecule has 0 radical (unpaired) electrons. The fraction of sp³-hybridized carbons (Fsp3) is 0.478. The Labute approximate surface area is 194 Å². The number of nitrogens with two attached hydrogens (primary N) is 1. The summed E-state index contributed by atoms with van der Waals surface area (Å²) in [7, 11) is 3.17. The van der Waals surface area contributed by atoms with Gasteiger partial charge in [0.2, 0.25) is 0 Å². The summed E-state index contributed by atoms with van der Waals surface area (Å²) in [6.45, 7) is 2.35. The maximum Gasteiger partial charge on any atom is 0.302 e. The van der Waals surface area contributed by atoms with E-state index in [1.54, 1.807) is 20.3 Å². The van der Waals surface area contributed by atoms with Crippen LogP contribution in [-0.4, -0.2) is 51.4 Å². The van der Waals surface area contributed by atoms with Crippen LogP contribution < -0.4 is 5.73 Å². The van der Waals surface area contributed by atoms with E-state index in [9.17, 15) is 4.79 Å². The van der Waals surface area contributed by atoms with Crippen LogP contribution in [0.1, 0.15) is 38.2 Å². The standard InChI is InChI=1S/C23H30Cl2N2O4/c1-15(28)31-18(5-4-10-26)11-16-6-9-22(27-14-23(29-2)30-3)19(12-16)17-7-8-20(24)21(25)13-17/h6-8,12-13,18,23H,4-5,9-11,14,26H2,1-3H3. The fourth-order valence-electron chi connectivity index (χ4n) is 3.35. The number of esters is 1. The summed E-state index contributed by atoms with van der Waals surface area (Å²) >= 11 is 12.4. The van der Waals surface area contributed by atoms with E-state index in [2.05, 4.69) is 12.2 Å². The minimum atomic E-state index is -0.419. The van der Waals surface area contributed by atoms with E-state index in [-0.39, 0.29) is 12.1 Å². The van der Waals surface area contributed by atoms with Crippen LogP contribution in [0, 0.1) is 0 Å². The molecule has 8 heteroatoms. The minimum absolute atomic E-state index is 0.219. The molecule has 6 nitrogen and oxygen atoms in total. The molecule has 1 aliphatic rings. The topological polar surface area (TPSA) is 83.1 Å². The first kappa shape index (κ1) is 25.6. The lowest BCUT2D eigenvalue weighted by atomic mass is 9.89. The zero-order valence-electron chi connectivity index (χ0n) is 18.2. The summed E-state index contributed by atoms with van der Waals surface area (Å²) < 4.78 is 16.0. The summed E-state index contributed by atoms with van der Waals surface area (Å²) in [6.07, 6.45) is 6.27. The first-order valence-electron chi connectivity index (χ1n) is 10.2. The van der Waals surface area contributed by atoms with E-state index in [0.29, 0.717) is 42.4 Å². The highest BCUT2D eigenvalue weighted by Crippen LogP contribution is 2.32. The van der Waals surface area contributed by atoms with E-state index in [1.165, 1.54) is 6.92 Å². The molecule has 1 aromatic rings. The van der Waals surface area contributed by atoms with E-state index in [4.69, 9.17) is 48.1 Å². The molecule has 0 aliphatic heterocycles. The summed E-state index contributed by atoms with van der Waals surface area (Å²) in [4.78, 5) is 16.2. The van der Waals surface area contributed by atoms with Crippen LogP contribution >= 0.6 is 23.2 Å². The van der Waals surface area contributed by atoms with Gasteiger partial charge in [-0.05, 0) is 48.7 Å². The monoisotopic (exact) mass is 468 g/mol. The second-order valence-corrected chi connectivity index (χ2v) is 8.04. The smallest absolute Gasteiger partial charge is 0.302 e. The first-order chi connectivity index (χ1) is 14.9. The normalized spacial score (nSPS) is 16.3. The highest BCUT2D eigenvalue weighted by atomic mass is 35.5. The number of allylic oxidation sites excluding steroid dienone is 3. The molecule has 1 atom stereocenters. The number of benzene rings is 1. The molecule has 0 amide bonds. The summed E-state index contributed by atoms with van der Waals surface area (Å²) in [5.74, 6) is -0.292. The molecule has 0 saturated heterocycles. The third-order valence-corrected chi connectivity index (χ3v) is 5.65. The predicted octanol–water partition coefficient (Wildman–Crippen LogP) is 4.83. The van der Waals surface area contributed by atoms with Crippen molar-refractivity contribution in [1.29, 1.82) is 0 Å². The molecule has 1 aliphatic carbocycles. The Balaban J connectivity index is 2.33. The van der Waals surface area contributed by atoms with Crippen molar-refractivity contribution in [3.8, 4) is 0 Å². The van der Waals surface area contributed by atoms with Gasteiger partial charge in [0.25, 0.3) is 0 Å². The van der Waals surface area contributed by atoms with E-state index < -0.39 is 6.29 Å². The van der Waals surface area contributed by atoms with E-state index in [1.807, 2.05) is 12.1 Å². The van der Waals surface area contributed by atoms with Gasteiger partial charge in [-0.1, -0.05) is 35.3 Å². The van der Waals surface area contributed by atoms with Gasteiger partial charge >= 0.3 is 5.97 Å². The number of methoxy groups -OCH3 is 2. The molecule has 0 saturated carbocycles. The van der Waals surface area contributed by atoms with Crippen LogP contribution in [0.25, 0.3) is 5.57 Å². The zero-order valence-corrected chi connectivity index (χ0v) is 19.7. The van der Waals surface area contributed by atoms with E-state index in [0.717, 1.165) is 28.8 Å². The molecule has 0 heterocycles. The molecule has 2 N–H and O–H groups in total. The van der Waals surface area contributed by atoms with Crippen molar-refractivity contribution in [1.82, 2.24) is 0 Å². The zero-order chi connectivity index (χ0) is 22.8. The SMILES string of the molecule is COC(CN=C1CC=C(CC(CCCN)OC(C)=O)C=C1c1ccc(Cl)c(Cl)c1)OC. The Morgan fingerprint density at radius 3 is 2.58 bits per heavy atom. The Morgan fingerprint density at radius 2 is 1.97 bits per heavy atom. The summed E-state index contributed by atoms with van der Waals surface area (Å²) in [6, 6.07) is 5.52. The van der Waals surface area contributed by atoms with Gasteiger partial charge in [0.15, 0.2) is 6.29 Å². The van der Waals surface area contributed by atoms with Gasteiger partial charge in [-0.2, -0.15) is 0 Å². The number of rotatable bonds is 11. The molecular formula is C23H30Cl2N2O4. The largest absolute Gasteiger partial charge is 0.462 e. The predicted molar refractivity (Wildman–Crippen MR) is 126 cm³/mol. The summed E-state index contributed by atoms with van der Waals surface area (Å²) in [5.41, 5.74) is 9.46. The quantitative estimate of drug-likeness (QED) is 0.371. The van der Waals surface area contributed by atoms with Crippen LogP contribution in [0.5, 0.6) is 0 Å². The van der Waals surface area contributed by atoms with Crippen molar-refractivity contribution in [2.45, 2.75) is 45.0 Å². The van der Waals surface area contributed by atoms with Gasteiger partial charge in [0.05, 0.1) is 16.6 Å². The fourth-order valence-corrected chi connectivity index (χ4v) is 3.64. The lowest BCUT2D eigenvalue weighted by Crippen LogP contribution is -2.20. The molecule has 31 heavy (non-hydrogen) atoms. The van der Waals surface area contributed by atoms with Crippen LogP contribution in [0.4, 0.5) is 0 Å². The average Bonchev–Trinajstić information content (AvgIpc) is 2.75. The van der Waals surface area contributed by atoms with Crippen LogP contribution in [0.15, 0.2) is 40.9 Å². The Morgan fingerprint density at radius 1 is 1.23 bits per heavy atom. The molecular weight excluding hydrogens is 439 g/mol. The van der Waals surface area contributed by atoms with Crippen LogP contribution in [0.3, 0.4) is 0 Å². The van der Waals surface area contributed by atoms with Crippen molar-refractivity contribution in [3.05, 3.63) is 51.5 Å². The van der Waals surface area contributed by atoms with Crippen LogP contribution in [0.2, 0.25) is 10.0 Å². The maximum absolute atomic E-state index is 11.5. The van der Waals surface area contributed by atoms with Gasteiger partial charge in [-0.3, -0.25) is 9.79 Å². The Hall–Kier alpha value is -1.70. The van der Waals surface area contributed by atoms with Crippen molar-refractivity contribution < 1.29 is 19.0 Å². The number of aliphatic imine (C=N–C) groups is 1. The van der Waals surface area contributed by atoms with Gasteiger partial charge in [-0.25, -0.2) is 0 Å². The number of hydrogen-bond acceptors (Lipinski definition) is 6. The number of hydrogen-bond donors (Lipinski definition) is 1. The number of halogens is 2. The third-order valence-electron chi connectivity index (χ3n) is 4.91. The van der Waals surface area contributed by atoms with Crippen LogP contribution in [-0.2, 0) is 19.0 Å². The molecule has 0 aromatic heterocycles. The Bertz CT molecular complexity index is 848. The first-order valence-corrected chi connectivity index (χ1v) is 11.0. The van der Waals surface area contributed by atoms with Gasteiger partial charge in [0, 0.05) is 45.3 Å². The van der Waals surface area contributed by atoms with Crippen molar-refractivity contribution in [3.63, 3.8) is 0 Å². The third kappa shape index (κ3) is 8.05. The Kier molecular flexibility index (Phi) is 10.7. The number of nitrogens with zero attached hydrogens (tertiary/aromatic N) is 1. The van der Waals surface area contributed by atoms with Gasteiger partial charge < -0.3 is 19.9 Å². The second-order valence-electron chi connectivity index (χ2n) is 7.22. The highest BCUT2D eigenvalue weighted by Gasteiger charge is 2.20. The average molecular weight is 469 g/mol. The molecule has 0 bridgehead atoms. The maximum atomic E-state index is 11.5. The van der Waals surface area contributed by atoms with Crippen molar-refractivity contribution >= 4 is 40.5 Å². The van der Waals surface area contributed by atoms with Crippen molar-refractivity contribution in [2.24, 2.45) is 10.7 Å². The molecule has 0 fully saturated rings. The number of carbonyl (C=O) groups is 1. The minimum Gasteiger partial charge on any atom is -0.462 e. The molecule has 1 aromatic carbocycles. The molecule has 1 unspecified atom stereocenters.